The number of benzene rings is 2. The SMILES string of the molecule is Cc1ccc(S(=O)(=O)OCc2cccc(F)c2C)cc1. The van der Waals surface area contributed by atoms with E-state index in [1.165, 1.54) is 24.3 Å². The third kappa shape index (κ3) is 3.23. The number of hydrogen-bond donors (Lipinski definition) is 0. The van der Waals surface area contributed by atoms with E-state index >= 15 is 0 Å². The lowest BCUT2D eigenvalue weighted by atomic mass is 10.1. The van der Waals surface area contributed by atoms with Gasteiger partial charge in [0.1, 0.15) is 5.82 Å². The van der Waals surface area contributed by atoms with Crippen LogP contribution in [0.1, 0.15) is 16.7 Å². The monoisotopic (exact) mass is 294 g/mol. The topological polar surface area (TPSA) is 43.4 Å². The third-order valence-corrected chi connectivity index (χ3v) is 4.34. The lowest BCUT2D eigenvalue weighted by Gasteiger charge is -2.08. The first-order chi connectivity index (χ1) is 9.40. The molecule has 0 aliphatic carbocycles. The molecule has 2 rings (SSSR count). The number of rotatable bonds is 4. The number of halogens is 1. The molecule has 0 fully saturated rings. The Morgan fingerprint density at radius 2 is 1.70 bits per heavy atom. The summed E-state index contributed by atoms with van der Waals surface area (Å²) in [6.07, 6.45) is 0. The Labute approximate surface area is 118 Å². The minimum Gasteiger partial charge on any atom is -0.262 e. The van der Waals surface area contributed by atoms with E-state index in [1.807, 2.05) is 6.92 Å². The summed E-state index contributed by atoms with van der Waals surface area (Å²) < 4.78 is 42.3. The van der Waals surface area contributed by atoms with Crippen LogP contribution in [0, 0.1) is 19.7 Å². The molecule has 0 amide bonds. The van der Waals surface area contributed by atoms with Crippen molar-refractivity contribution in [1.82, 2.24) is 0 Å². The molecule has 0 saturated heterocycles. The fourth-order valence-electron chi connectivity index (χ4n) is 1.72. The maximum atomic E-state index is 13.4. The van der Waals surface area contributed by atoms with Gasteiger partial charge in [0.25, 0.3) is 10.1 Å². The average Bonchev–Trinajstić information content (AvgIpc) is 2.41. The first-order valence-electron chi connectivity index (χ1n) is 6.10. The van der Waals surface area contributed by atoms with Gasteiger partial charge >= 0.3 is 0 Å². The highest BCUT2D eigenvalue weighted by atomic mass is 32.2. The van der Waals surface area contributed by atoms with Gasteiger partial charge in [-0.3, -0.25) is 4.18 Å². The maximum Gasteiger partial charge on any atom is 0.297 e. The van der Waals surface area contributed by atoms with Crippen LogP contribution >= 0.6 is 0 Å². The molecule has 3 nitrogen and oxygen atoms in total. The van der Waals surface area contributed by atoms with Crippen LogP contribution in [0.4, 0.5) is 4.39 Å². The zero-order valence-electron chi connectivity index (χ0n) is 11.3. The normalized spacial score (nSPS) is 11.6. The fourth-order valence-corrected chi connectivity index (χ4v) is 2.61. The molecule has 0 aliphatic heterocycles. The van der Waals surface area contributed by atoms with Crippen molar-refractivity contribution >= 4 is 10.1 Å². The lowest BCUT2D eigenvalue weighted by Crippen LogP contribution is -2.07. The van der Waals surface area contributed by atoms with Crippen LogP contribution < -0.4 is 0 Å². The highest BCUT2D eigenvalue weighted by Crippen LogP contribution is 2.18. The second-order valence-electron chi connectivity index (χ2n) is 4.55. The molecule has 106 valence electrons. The molecule has 0 unspecified atom stereocenters. The second-order valence-corrected chi connectivity index (χ2v) is 6.17. The van der Waals surface area contributed by atoms with E-state index < -0.39 is 10.1 Å². The predicted molar refractivity (Wildman–Crippen MR) is 74.3 cm³/mol. The molecule has 20 heavy (non-hydrogen) atoms. The van der Waals surface area contributed by atoms with Crippen molar-refractivity contribution in [2.45, 2.75) is 25.3 Å². The van der Waals surface area contributed by atoms with Crippen LogP contribution in [0.5, 0.6) is 0 Å². The summed E-state index contributed by atoms with van der Waals surface area (Å²) in [6.45, 7) is 3.28. The second kappa shape index (κ2) is 5.73. The number of hydrogen-bond acceptors (Lipinski definition) is 3. The molecule has 0 spiro atoms. The van der Waals surface area contributed by atoms with E-state index in [1.54, 1.807) is 25.1 Å². The first kappa shape index (κ1) is 14.7. The van der Waals surface area contributed by atoms with Crippen LogP contribution in [0.3, 0.4) is 0 Å². The summed E-state index contributed by atoms with van der Waals surface area (Å²) in [5.41, 5.74) is 1.87. The van der Waals surface area contributed by atoms with Gasteiger partial charge in [-0.1, -0.05) is 29.8 Å². The molecule has 0 bridgehead atoms. The average molecular weight is 294 g/mol. The van der Waals surface area contributed by atoms with Crippen LogP contribution in [0.15, 0.2) is 47.4 Å². The summed E-state index contributed by atoms with van der Waals surface area (Å²) in [5, 5.41) is 0. The van der Waals surface area contributed by atoms with Crippen molar-refractivity contribution in [1.29, 1.82) is 0 Å². The molecule has 0 heterocycles. The van der Waals surface area contributed by atoms with Crippen molar-refractivity contribution in [2.24, 2.45) is 0 Å². The Hall–Kier alpha value is -1.72. The molecular formula is C15H15FO3S. The molecular weight excluding hydrogens is 279 g/mol. The Bertz CT molecular complexity index is 706. The van der Waals surface area contributed by atoms with Crippen LogP contribution in [-0.2, 0) is 20.9 Å². The largest absolute Gasteiger partial charge is 0.297 e. The van der Waals surface area contributed by atoms with Gasteiger partial charge < -0.3 is 0 Å². The summed E-state index contributed by atoms with van der Waals surface area (Å²) in [6, 6.07) is 10.9. The maximum absolute atomic E-state index is 13.4. The van der Waals surface area contributed by atoms with Crippen LogP contribution in [-0.4, -0.2) is 8.42 Å². The molecule has 0 radical (unpaired) electrons. The molecule has 5 heteroatoms. The van der Waals surface area contributed by atoms with Crippen LogP contribution in [0.2, 0.25) is 0 Å². The summed E-state index contributed by atoms with van der Waals surface area (Å²) in [7, 11) is -3.83. The summed E-state index contributed by atoms with van der Waals surface area (Å²) in [5.74, 6) is -0.376. The Morgan fingerprint density at radius 3 is 2.35 bits per heavy atom. The van der Waals surface area contributed by atoms with E-state index in [0.717, 1.165) is 5.56 Å². The van der Waals surface area contributed by atoms with Gasteiger partial charge in [-0.15, -0.1) is 0 Å². The van der Waals surface area contributed by atoms with Gasteiger partial charge in [0.05, 0.1) is 11.5 Å². The molecule has 0 saturated carbocycles. The van der Waals surface area contributed by atoms with Crippen LogP contribution in [0.25, 0.3) is 0 Å². The molecule has 0 atom stereocenters. The van der Waals surface area contributed by atoms with Gasteiger partial charge in [-0.25, -0.2) is 4.39 Å². The Balaban J connectivity index is 2.17. The zero-order chi connectivity index (χ0) is 14.8. The Morgan fingerprint density at radius 1 is 1.05 bits per heavy atom. The fraction of sp³-hybridized carbons (Fsp3) is 0.200. The molecule has 0 N–H and O–H groups in total. The quantitative estimate of drug-likeness (QED) is 0.812. The van der Waals surface area contributed by atoms with Crippen molar-refractivity contribution in [3.63, 3.8) is 0 Å². The van der Waals surface area contributed by atoms with E-state index in [2.05, 4.69) is 0 Å². The van der Waals surface area contributed by atoms with Crippen molar-refractivity contribution in [3.8, 4) is 0 Å². The third-order valence-electron chi connectivity index (χ3n) is 3.06. The van der Waals surface area contributed by atoms with Gasteiger partial charge in [-0.05, 0) is 43.2 Å². The summed E-state index contributed by atoms with van der Waals surface area (Å²) in [4.78, 5) is 0.0946. The highest BCUT2D eigenvalue weighted by Gasteiger charge is 2.16. The minimum atomic E-state index is -3.83. The lowest BCUT2D eigenvalue weighted by molar-refractivity contribution is 0.306. The minimum absolute atomic E-state index is 0.0946. The van der Waals surface area contributed by atoms with E-state index in [-0.39, 0.29) is 17.3 Å². The van der Waals surface area contributed by atoms with Gasteiger partial charge in [0.15, 0.2) is 0 Å². The van der Waals surface area contributed by atoms with Gasteiger partial charge in [0, 0.05) is 0 Å². The molecule has 2 aromatic rings. The molecule has 0 aromatic heterocycles. The summed E-state index contributed by atoms with van der Waals surface area (Å²) >= 11 is 0. The van der Waals surface area contributed by atoms with Crippen molar-refractivity contribution in [2.75, 3.05) is 0 Å². The zero-order valence-corrected chi connectivity index (χ0v) is 12.1. The molecule has 0 aliphatic rings. The van der Waals surface area contributed by atoms with Crippen molar-refractivity contribution < 1.29 is 17.0 Å². The Kier molecular flexibility index (Phi) is 4.20. The van der Waals surface area contributed by atoms with Gasteiger partial charge in [0.2, 0.25) is 0 Å². The van der Waals surface area contributed by atoms with E-state index in [0.29, 0.717) is 11.1 Å². The highest BCUT2D eigenvalue weighted by molar-refractivity contribution is 7.86. The first-order valence-corrected chi connectivity index (χ1v) is 7.51. The molecule has 2 aromatic carbocycles. The number of aryl methyl sites for hydroxylation is 1. The predicted octanol–water partition coefficient (Wildman–Crippen LogP) is 3.35. The van der Waals surface area contributed by atoms with Gasteiger partial charge in [-0.2, -0.15) is 8.42 Å². The van der Waals surface area contributed by atoms with Crippen molar-refractivity contribution in [3.05, 3.63) is 65.0 Å². The van der Waals surface area contributed by atoms with E-state index in [4.69, 9.17) is 4.18 Å². The standard InChI is InChI=1S/C15H15FO3S/c1-11-6-8-14(9-7-11)20(17,18)19-10-13-4-3-5-15(16)12(13)2/h3-9H,10H2,1-2H3. The van der Waals surface area contributed by atoms with E-state index in [9.17, 15) is 12.8 Å². The smallest absolute Gasteiger partial charge is 0.262 e.